The van der Waals surface area contributed by atoms with E-state index < -0.39 is 0 Å². The Morgan fingerprint density at radius 2 is 1.85 bits per heavy atom. The Hall–Kier alpha value is -1.35. The molecule has 2 atom stereocenters. The smallest absolute Gasteiger partial charge is 0.221 e. The van der Waals surface area contributed by atoms with Crippen molar-refractivity contribution in [2.75, 3.05) is 5.32 Å². The number of benzene rings is 1. The summed E-state index contributed by atoms with van der Waals surface area (Å²) < 4.78 is 0. The predicted octanol–water partition coefficient (Wildman–Crippen LogP) is 4.12. The van der Waals surface area contributed by atoms with Crippen molar-refractivity contribution in [1.82, 2.24) is 5.32 Å². The quantitative estimate of drug-likeness (QED) is 0.786. The first-order chi connectivity index (χ1) is 9.38. The Kier molecular flexibility index (Phi) is 6.73. The van der Waals surface area contributed by atoms with Crippen molar-refractivity contribution < 1.29 is 4.79 Å². The second-order valence-corrected chi connectivity index (χ2v) is 6.07. The molecule has 2 unspecified atom stereocenters. The Labute approximate surface area is 123 Å². The molecule has 112 valence electrons. The van der Waals surface area contributed by atoms with Crippen LogP contribution in [0, 0.1) is 5.92 Å². The molecule has 1 aromatic carbocycles. The van der Waals surface area contributed by atoms with Gasteiger partial charge in [0.2, 0.25) is 5.91 Å². The molecule has 20 heavy (non-hydrogen) atoms. The molecule has 0 radical (unpaired) electrons. The molecule has 0 aliphatic carbocycles. The first-order valence-electron chi connectivity index (χ1n) is 7.52. The SMILES string of the molecule is CC(=O)Nc1cccc(C(C)NC(C)CCC(C)C)c1. The van der Waals surface area contributed by atoms with Crippen molar-refractivity contribution in [3.8, 4) is 0 Å². The van der Waals surface area contributed by atoms with Gasteiger partial charge in [-0.2, -0.15) is 0 Å². The van der Waals surface area contributed by atoms with E-state index in [2.05, 4.69) is 44.4 Å². The van der Waals surface area contributed by atoms with Crippen LogP contribution in [0.5, 0.6) is 0 Å². The second kappa shape index (κ2) is 8.05. The molecule has 0 aliphatic heterocycles. The molecule has 0 fully saturated rings. The topological polar surface area (TPSA) is 41.1 Å². The normalized spacial score (nSPS) is 14.1. The molecule has 0 heterocycles. The van der Waals surface area contributed by atoms with E-state index >= 15 is 0 Å². The van der Waals surface area contributed by atoms with Gasteiger partial charge in [-0.15, -0.1) is 0 Å². The highest BCUT2D eigenvalue weighted by atomic mass is 16.1. The predicted molar refractivity (Wildman–Crippen MR) is 85.8 cm³/mol. The zero-order valence-electron chi connectivity index (χ0n) is 13.4. The number of rotatable bonds is 7. The fourth-order valence-corrected chi connectivity index (χ4v) is 2.28. The molecule has 1 rings (SSSR count). The van der Waals surface area contributed by atoms with Gasteiger partial charge < -0.3 is 10.6 Å². The molecular weight excluding hydrogens is 248 g/mol. The Morgan fingerprint density at radius 3 is 2.45 bits per heavy atom. The summed E-state index contributed by atoms with van der Waals surface area (Å²) in [5.41, 5.74) is 2.06. The van der Waals surface area contributed by atoms with E-state index in [4.69, 9.17) is 0 Å². The number of anilines is 1. The van der Waals surface area contributed by atoms with Crippen molar-refractivity contribution in [3.05, 3.63) is 29.8 Å². The Morgan fingerprint density at radius 1 is 1.15 bits per heavy atom. The van der Waals surface area contributed by atoms with Gasteiger partial charge in [0.15, 0.2) is 0 Å². The average molecular weight is 276 g/mol. The lowest BCUT2D eigenvalue weighted by atomic mass is 10.0. The van der Waals surface area contributed by atoms with Gasteiger partial charge in [-0.25, -0.2) is 0 Å². The third-order valence-electron chi connectivity index (χ3n) is 3.42. The molecule has 0 saturated heterocycles. The van der Waals surface area contributed by atoms with E-state index in [1.165, 1.54) is 25.3 Å². The summed E-state index contributed by atoms with van der Waals surface area (Å²) in [7, 11) is 0. The van der Waals surface area contributed by atoms with Gasteiger partial charge in [-0.05, 0) is 50.3 Å². The van der Waals surface area contributed by atoms with E-state index in [1.54, 1.807) is 0 Å². The largest absolute Gasteiger partial charge is 0.326 e. The van der Waals surface area contributed by atoms with Crippen LogP contribution < -0.4 is 10.6 Å². The second-order valence-electron chi connectivity index (χ2n) is 6.07. The molecule has 2 N–H and O–H groups in total. The number of amides is 1. The van der Waals surface area contributed by atoms with Crippen LogP contribution in [0.4, 0.5) is 5.69 Å². The highest BCUT2D eigenvalue weighted by molar-refractivity contribution is 5.88. The molecule has 0 aliphatic rings. The van der Waals surface area contributed by atoms with Gasteiger partial charge >= 0.3 is 0 Å². The minimum absolute atomic E-state index is 0.0342. The maximum Gasteiger partial charge on any atom is 0.221 e. The van der Waals surface area contributed by atoms with Crippen LogP contribution in [0.25, 0.3) is 0 Å². The van der Waals surface area contributed by atoms with E-state index in [1.807, 2.05) is 18.2 Å². The van der Waals surface area contributed by atoms with E-state index in [0.29, 0.717) is 6.04 Å². The molecule has 0 spiro atoms. The van der Waals surface area contributed by atoms with Crippen LogP contribution in [0.15, 0.2) is 24.3 Å². The Balaban J connectivity index is 2.58. The highest BCUT2D eigenvalue weighted by Crippen LogP contribution is 2.19. The molecule has 0 saturated carbocycles. The van der Waals surface area contributed by atoms with Gasteiger partial charge in [-0.3, -0.25) is 4.79 Å². The number of nitrogens with one attached hydrogen (secondary N) is 2. The van der Waals surface area contributed by atoms with Crippen molar-refractivity contribution >= 4 is 11.6 Å². The van der Waals surface area contributed by atoms with Crippen LogP contribution in [0.2, 0.25) is 0 Å². The molecule has 3 heteroatoms. The van der Waals surface area contributed by atoms with E-state index in [0.717, 1.165) is 11.6 Å². The fraction of sp³-hybridized carbons (Fsp3) is 0.588. The van der Waals surface area contributed by atoms with Crippen LogP contribution >= 0.6 is 0 Å². The van der Waals surface area contributed by atoms with Gasteiger partial charge in [0.1, 0.15) is 0 Å². The number of carbonyl (C=O) groups is 1. The van der Waals surface area contributed by atoms with Crippen molar-refractivity contribution in [2.24, 2.45) is 5.92 Å². The van der Waals surface area contributed by atoms with Crippen LogP contribution in [-0.2, 0) is 4.79 Å². The maximum atomic E-state index is 11.1. The first kappa shape index (κ1) is 16.7. The summed E-state index contributed by atoms with van der Waals surface area (Å²) in [5.74, 6) is 0.714. The maximum absolute atomic E-state index is 11.1. The molecule has 1 amide bonds. The van der Waals surface area contributed by atoms with Crippen LogP contribution in [0.3, 0.4) is 0 Å². The minimum Gasteiger partial charge on any atom is -0.326 e. The van der Waals surface area contributed by atoms with E-state index in [9.17, 15) is 4.79 Å². The van der Waals surface area contributed by atoms with Crippen LogP contribution in [-0.4, -0.2) is 11.9 Å². The lowest BCUT2D eigenvalue weighted by Crippen LogP contribution is -2.29. The summed E-state index contributed by atoms with van der Waals surface area (Å²) in [6, 6.07) is 8.81. The standard InChI is InChI=1S/C17H28N2O/c1-12(2)9-10-13(3)18-14(4)16-7-6-8-17(11-16)19-15(5)20/h6-8,11-14,18H,9-10H2,1-5H3,(H,19,20). The summed E-state index contributed by atoms with van der Waals surface area (Å²) in [4.78, 5) is 11.1. The third kappa shape index (κ3) is 6.20. The first-order valence-corrected chi connectivity index (χ1v) is 7.52. The summed E-state index contributed by atoms with van der Waals surface area (Å²) in [6.45, 7) is 10.4. The fourth-order valence-electron chi connectivity index (χ4n) is 2.28. The number of hydrogen-bond donors (Lipinski definition) is 2. The van der Waals surface area contributed by atoms with Crippen molar-refractivity contribution in [1.29, 1.82) is 0 Å². The number of carbonyl (C=O) groups excluding carboxylic acids is 1. The zero-order chi connectivity index (χ0) is 15.1. The molecule has 1 aromatic rings. The third-order valence-corrected chi connectivity index (χ3v) is 3.42. The number of hydrogen-bond acceptors (Lipinski definition) is 2. The highest BCUT2D eigenvalue weighted by Gasteiger charge is 2.10. The van der Waals surface area contributed by atoms with Crippen LogP contribution in [0.1, 0.15) is 59.1 Å². The molecule has 0 bridgehead atoms. The lowest BCUT2D eigenvalue weighted by molar-refractivity contribution is -0.114. The summed E-state index contributed by atoms with van der Waals surface area (Å²) in [6.07, 6.45) is 2.43. The molecule has 0 aromatic heterocycles. The minimum atomic E-state index is -0.0342. The Bertz CT molecular complexity index is 429. The molecule has 3 nitrogen and oxygen atoms in total. The van der Waals surface area contributed by atoms with Crippen molar-refractivity contribution in [2.45, 2.75) is 59.5 Å². The van der Waals surface area contributed by atoms with Gasteiger partial charge in [0.05, 0.1) is 0 Å². The van der Waals surface area contributed by atoms with Gasteiger partial charge in [0, 0.05) is 24.7 Å². The van der Waals surface area contributed by atoms with Gasteiger partial charge in [-0.1, -0.05) is 26.0 Å². The molecular formula is C17H28N2O. The summed E-state index contributed by atoms with van der Waals surface area (Å²) in [5, 5.41) is 6.45. The average Bonchev–Trinajstić information content (AvgIpc) is 2.36. The monoisotopic (exact) mass is 276 g/mol. The van der Waals surface area contributed by atoms with Gasteiger partial charge in [0.25, 0.3) is 0 Å². The lowest BCUT2D eigenvalue weighted by Gasteiger charge is -2.21. The van der Waals surface area contributed by atoms with Crippen molar-refractivity contribution in [3.63, 3.8) is 0 Å². The van der Waals surface area contributed by atoms with E-state index in [-0.39, 0.29) is 11.9 Å². The zero-order valence-corrected chi connectivity index (χ0v) is 13.4. The summed E-state index contributed by atoms with van der Waals surface area (Å²) >= 11 is 0.